The molecule has 4 aromatic rings. The van der Waals surface area contributed by atoms with Crippen LogP contribution in [0.15, 0.2) is 84.9 Å². The summed E-state index contributed by atoms with van der Waals surface area (Å²) in [5, 5.41) is 23.3. The Labute approximate surface area is 556 Å². The van der Waals surface area contributed by atoms with E-state index in [2.05, 4.69) is 51.1 Å². The lowest BCUT2D eigenvalue weighted by Gasteiger charge is -2.44. The van der Waals surface area contributed by atoms with Gasteiger partial charge < -0.3 is 51.9 Å². The lowest BCUT2D eigenvalue weighted by atomic mass is 9.80. The number of nitrogens with one attached hydrogen (secondary N) is 7. The molecular formula is C76H104F2N10O6. The number of rotatable bonds is 26. The molecule has 508 valence electrons. The average Bonchev–Trinajstić information content (AvgIpc) is 1.65. The van der Waals surface area contributed by atoms with Crippen LogP contribution < -0.4 is 42.1 Å². The van der Waals surface area contributed by atoms with Gasteiger partial charge in [0, 0.05) is 55.0 Å². The first-order chi connectivity index (χ1) is 45.6. The van der Waals surface area contributed by atoms with Gasteiger partial charge in [0.25, 0.3) is 0 Å². The van der Waals surface area contributed by atoms with Crippen molar-refractivity contribution in [2.45, 2.75) is 255 Å². The lowest BCUT2D eigenvalue weighted by molar-refractivity contribution is -0.139. The van der Waals surface area contributed by atoms with Gasteiger partial charge in [-0.1, -0.05) is 145 Å². The van der Waals surface area contributed by atoms with Crippen molar-refractivity contribution in [3.63, 3.8) is 0 Å². The maximum atomic E-state index is 17.6. The quantitative estimate of drug-likeness (QED) is 0.0297. The Kier molecular flexibility index (Phi) is 22.5. The molecule has 4 aliphatic heterocycles. The molecule has 2 unspecified atom stereocenters. The van der Waals surface area contributed by atoms with Gasteiger partial charge in [-0.05, 0) is 151 Å². The molecule has 5 fully saturated rings. The van der Waals surface area contributed by atoms with Crippen LogP contribution >= 0.6 is 0 Å². The largest absolute Gasteiger partial charge is 0.362 e. The summed E-state index contributed by atoms with van der Waals surface area (Å²) in [5.74, 6) is -3.40. The number of nitrogens with zero attached hydrogens (tertiary/aromatic N) is 3. The van der Waals surface area contributed by atoms with Crippen molar-refractivity contribution in [1.82, 2.24) is 31.1 Å². The SMILES string of the molecule is CCCCCCCCN1c2c(ccc(-c3ccc([C@@H]4C[C@H]4C(=O)N[C@@H](CC(=O)N4CCCC[C@@H]4C)C(=O)N[C@@H](C)C4(C5CCCCCCCC5)Nc5cccc(F)c5N4)cc3)c2F)NC1[C@H](C)NC(=O)[C@H](CC(=O)N1CCCC[C@@H]1CC)NC(=O)[C@@H]1C[C@H]1c1ccccc1. The number of anilines is 4. The smallest absolute Gasteiger partial charge is 0.243 e. The lowest BCUT2D eigenvalue weighted by Crippen LogP contribution is -2.64. The summed E-state index contributed by atoms with van der Waals surface area (Å²) >= 11 is 0. The molecule has 7 aliphatic rings. The minimum absolute atomic E-state index is 0.0125. The van der Waals surface area contributed by atoms with E-state index < -0.39 is 59.5 Å². The van der Waals surface area contributed by atoms with Crippen molar-refractivity contribution < 1.29 is 37.5 Å². The summed E-state index contributed by atoms with van der Waals surface area (Å²) < 4.78 is 33.2. The second kappa shape index (κ2) is 31.1. The second-order valence-corrected chi connectivity index (χ2v) is 28.6. The first-order valence-corrected chi connectivity index (χ1v) is 36.2. The van der Waals surface area contributed by atoms with Gasteiger partial charge in [-0.3, -0.25) is 28.8 Å². The van der Waals surface area contributed by atoms with Crippen LogP contribution in [0.4, 0.5) is 31.5 Å². The Morgan fingerprint density at radius 2 is 1.19 bits per heavy atom. The maximum absolute atomic E-state index is 17.6. The second-order valence-electron chi connectivity index (χ2n) is 28.6. The highest BCUT2D eigenvalue weighted by molar-refractivity contribution is 5.95. The highest BCUT2D eigenvalue weighted by atomic mass is 19.1. The summed E-state index contributed by atoms with van der Waals surface area (Å²) in [6.45, 7) is 11.9. The first kappa shape index (κ1) is 68.2. The van der Waals surface area contributed by atoms with Crippen molar-refractivity contribution in [2.24, 2.45) is 17.8 Å². The number of carbonyl (C=O) groups excluding carboxylic acids is 6. The average molecular weight is 1290 g/mol. The summed E-state index contributed by atoms with van der Waals surface area (Å²) in [6.07, 6.45) is 21.3. The Balaban J connectivity index is 0.780. The molecule has 11 rings (SSSR count). The van der Waals surface area contributed by atoms with E-state index in [1.165, 1.54) is 18.9 Å². The molecule has 4 heterocycles. The van der Waals surface area contributed by atoms with Crippen LogP contribution in [0.1, 0.15) is 218 Å². The zero-order chi connectivity index (χ0) is 66.0. The third-order valence-corrected chi connectivity index (χ3v) is 22.1. The van der Waals surface area contributed by atoms with Crippen LogP contribution in [0.5, 0.6) is 0 Å². The molecule has 3 saturated carbocycles. The third-order valence-electron chi connectivity index (χ3n) is 22.1. The predicted molar refractivity (Wildman–Crippen MR) is 368 cm³/mol. The number of hydrogen-bond donors (Lipinski definition) is 7. The van der Waals surface area contributed by atoms with Gasteiger partial charge in [-0.25, -0.2) is 8.78 Å². The number of para-hydroxylation sites is 1. The zero-order valence-electron chi connectivity index (χ0n) is 56.4. The zero-order valence-corrected chi connectivity index (χ0v) is 56.4. The molecule has 12 atom stereocenters. The molecule has 4 aromatic carbocycles. The van der Waals surface area contributed by atoms with Gasteiger partial charge in [0.05, 0.1) is 47.7 Å². The fourth-order valence-corrected chi connectivity index (χ4v) is 16.3. The fourth-order valence-electron chi connectivity index (χ4n) is 16.3. The molecule has 0 radical (unpaired) electrons. The minimum Gasteiger partial charge on any atom is -0.362 e. The summed E-state index contributed by atoms with van der Waals surface area (Å²) in [6, 6.07) is 22.9. The monoisotopic (exact) mass is 1290 g/mol. The normalized spacial score (nSPS) is 25.4. The Morgan fingerprint density at radius 1 is 0.596 bits per heavy atom. The van der Waals surface area contributed by atoms with Gasteiger partial charge in [0.2, 0.25) is 35.4 Å². The number of piperidine rings is 2. The minimum atomic E-state index is -1.16. The van der Waals surface area contributed by atoms with Crippen LogP contribution in [0.3, 0.4) is 0 Å². The molecule has 0 bridgehead atoms. The highest BCUT2D eigenvalue weighted by Gasteiger charge is 2.51. The van der Waals surface area contributed by atoms with Crippen molar-refractivity contribution in [2.75, 3.05) is 40.5 Å². The number of likely N-dealkylation sites (tertiary alicyclic amines) is 2. The van der Waals surface area contributed by atoms with Crippen molar-refractivity contribution >= 4 is 58.2 Å². The van der Waals surface area contributed by atoms with Crippen LogP contribution in [-0.2, 0) is 28.8 Å². The van der Waals surface area contributed by atoms with Gasteiger partial charge in [-0.2, -0.15) is 0 Å². The molecule has 18 heteroatoms. The van der Waals surface area contributed by atoms with Crippen molar-refractivity contribution in [3.8, 4) is 11.1 Å². The molecule has 6 amide bonds. The number of halogens is 2. The summed E-state index contributed by atoms with van der Waals surface area (Å²) in [5.41, 5.74) is 4.15. The number of fused-ring (bicyclic) bond motifs is 2. The van der Waals surface area contributed by atoms with Gasteiger partial charge in [-0.15, -0.1) is 0 Å². The number of benzene rings is 4. The predicted octanol–water partition coefficient (Wildman–Crippen LogP) is 13.4. The number of amides is 6. The van der Waals surface area contributed by atoms with E-state index >= 15 is 8.78 Å². The van der Waals surface area contributed by atoms with Gasteiger partial charge >= 0.3 is 0 Å². The molecule has 0 aromatic heterocycles. The molecule has 3 aliphatic carbocycles. The molecular weight excluding hydrogens is 1190 g/mol. The van der Waals surface area contributed by atoms with Crippen LogP contribution in [0, 0.1) is 29.4 Å². The Hall–Kier alpha value is -7.24. The van der Waals surface area contributed by atoms with E-state index in [0.717, 1.165) is 133 Å². The van der Waals surface area contributed by atoms with Crippen molar-refractivity contribution in [3.05, 3.63) is 108 Å². The molecule has 16 nitrogen and oxygen atoms in total. The third kappa shape index (κ3) is 15.7. The standard InChI is InChI=1S/C76H104F2N10O6/c1-6-8-9-10-15-23-43-88-70-63(81-71(88)49(4)79-74(93)64(47-67(90)87-42-25-22-32-55(87)7-2)82-72(91)59-44-57(59)51-28-17-16-18-29-51)40-39-56(68(70)78)52-35-37-53(38-36-52)58-45-60(58)73(92)83-65(46-66(89)86-41-24-21-27-48(86)3)75(94)80-50(5)76(54-30-19-13-11-12-14-20-31-54)84-62-34-26-33-61(77)69(62)85-76/h16-18,26,28-29,33-40,48-50,54-55,57-60,64-65,71,81,84-85H,6-15,19-25,27,30-32,41-47H2,1-5H3,(H,79,93)(H,80,94)(H,82,91)(H,83,92)/t48-,49-,50-,55-,57-,58-,59+,60+,64-,65-,71?,76?/m0/s1. The highest BCUT2D eigenvalue weighted by Crippen LogP contribution is 2.50. The molecule has 94 heavy (non-hydrogen) atoms. The van der Waals surface area contributed by atoms with Crippen molar-refractivity contribution in [1.29, 1.82) is 0 Å². The Bertz CT molecular complexity index is 3290. The van der Waals surface area contributed by atoms with E-state index in [9.17, 15) is 28.8 Å². The van der Waals surface area contributed by atoms with E-state index in [1.54, 1.807) is 12.1 Å². The number of hydrogen-bond acceptors (Lipinski definition) is 10. The van der Waals surface area contributed by atoms with Crippen LogP contribution in [0.2, 0.25) is 0 Å². The molecule has 2 saturated heterocycles. The van der Waals surface area contributed by atoms with Crippen LogP contribution in [-0.4, -0.2) is 113 Å². The fraction of sp³-hybridized carbons (Fsp3) is 0.605. The van der Waals surface area contributed by atoms with E-state index in [0.29, 0.717) is 66.4 Å². The summed E-state index contributed by atoms with van der Waals surface area (Å²) in [7, 11) is 0. The van der Waals surface area contributed by atoms with Gasteiger partial charge in [0.15, 0.2) is 5.82 Å². The first-order valence-electron chi connectivity index (χ1n) is 36.2. The summed E-state index contributed by atoms with van der Waals surface area (Å²) in [4.78, 5) is 92.1. The van der Waals surface area contributed by atoms with E-state index in [-0.39, 0.29) is 78.0 Å². The molecule has 7 N–H and O–H groups in total. The molecule has 0 spiro atoms. The number of carbonyl (C=O) groups is 6. The van der Waals surface area contributed by atoms with E-state index in [1.807, 2.05) is 102 Å². The van der Waals surface area contributed by atoms with Crippen LogP contribution in [0.25, 0.3) is 11.1 Å². The Morgan fingerprint density at radius 3 is 1.84 bits per heavy atom. The van der Waals surface area contributed by atoms with Gasteiger partial charge in [0.1, 0.15) is 29.7 Å². The van der Waals surface area contributed by atoms with E-state index in [4.69, 9.17) is 0 Å². The topological polar surface area (TPSA) is 196 Å². The maximum Gasteiger partial charge on any atom is 0.243 e. The number of unbranched alkanes of at least 4 members (excludes halogenated alkanes) is 5.